The van der Waals surface area contributed by atoms with Gasteiger partial charge in [-0.05, 0) is 31.5 Å². The van der Waals surface area contributed by atoms with E-state index in [9.17, 15) is 9.59 Å². The Balaban J connectivity index is 2.41. The van der Waals surface area contributed by atoms with Crippen molar-refractivity contribution < 1.29 is 19.1 Å². The van der Waals surface area contributed by atoms with E-state index in [1.165, 1.54) is 25.6 Å². The zero-order chi connectivity index (χ0) is 17.9. The van der Waals surface area contributed by atoms with Crippen molar-refractivity contribution in [2.45, 2.75) is 13.8 Å². The lowest BCUT2D eigenvalue weighted by atomic mass is 10.1. The Morgan fingerprint density at radius 2 is 1.79 bits per heavy atom. The summed E-state index contributed by atoms with van der Waals surface area (Å²) in [6.07, 6.45) is 0. The maximum atomic E-state index is 12.7. The number of methoxy groups -OCH3 is 2. The number of hydrogen-bond acceptors (Lipinski definition) is 5. The number of amides is 2. The van der Waals surface area contributed by atoms with E-state index in [0.29, 0.717) is 27.6 Å². The molecule has 0 saturated carbocycles. The van der Waals surface area contributed by atoms with Crippen LogP contribution in [0.4, 0.5) is 5.00 Å². The number of carbonyl (C=O) groups excluding carboxylic acids is 2. The van der Waals surface area contributed by atoms with Gasteiger partial charge in [-0.3, -0.25) is 9.59 Å². The molecule has 6 nitrogen and oxygen atoms in total. The van der Waals surface area contributed by atoms with E-state index < -0.39 is 0 Å². The van der Waals surface area contributed by atoms with E-state index in [2.05, 4.69) is 10.6 Å². The smallest absolute Gasteiger partial charge is 0.260 e. The van der Waals surface area contributed by atoms with Crippen LogP contribution in [0.5, 0.6) is 11.5 Å². The second-order valence-electron chi connectivity index (χ2n) is 5.06. The molecule has 0 aliphatic carbocycles. The Bertz CT molecular complexity index is 783. The van der Waals surface area contributed by atoms with E-state index in [0.717, 1.165) is 10.4 Å². The molecule has 1 aromatic heterocycles. The van der Waals surface area contributed by atoms with Gasteiger partial charge in [0, 0.05) is 11.9 Å². The number of para-hydroxylation sites is 1. The number of rotatable bonds is 5. The van der Waals surface area contributed by atoms with Crippen LogP contribution >= 0.6 is 11.3 Å². The van der Waals surface area contributed by atoms with Crippen LogP contribution < -0.4 is 20.1 Å². The van der Waals surface area contributed by atoms with Gasteiger partial charge in [0.1, 0.15) is 5.00 Å². The Morgan fingerprint density at radius 1 is 1.08 bits per heavy atom. The summed E-state index contributed by atoms with van der Waals surface area (Å²) in [6.45, 7) is 3.77. The normalized spacial score (nSPS) is 10.2. The molecule has 2 aromatic rings. The van der Waals surface area contributed by atoms with E-state index in [4.69, 9.17) is 9.47 Å². The molecule has 0 aliphatic heterocycles. The topological polar surface area (TPSA) is 76.7 Å². The molecule has 1 aromatic carbocycles. The standard InChI is InChI=1S/C17H20N2O4S/c1-9-10(2)24-17(13(9)16(21)18-3)19-15(20)11-7-6-8-12(22-4)14(11)23-5/h6-8H,1-5H3,(H,18,21)(H,19,20). The van der Waals surface area contributed by atoms with Gasteiger partial charge in [-0.25, -0.2) is 0 Å². The van der Waals surface area contributed by atoms with Gasteiger partial charge in [-0.2, -0.15) is 0 Å². The number of nitrogens with one attached hydrogen (secondary N) is 2. The molecule has 128 valence electrons. The van der Waals surface area contributed by atoms with Gasteiger partial charge in [0.25, 0.3) is 11.8 Å². The highest BCUT2D eigenvalue weighted by molar-refractivity contribution is 7.16. The van der Waals surface area contributed by atoms with Crippen LogP contribution in [0.25, 0.3) is 0 Å². The average molecular weight is 348 g/mol. The Morgan fingerprint density at radius 3 is 2.38 bits per heavy atom. The average Bonchev–Trinajstić information content (AvgIpc) is 2.87. The Kier molecular flexibility index (Phi) is 5.46. The zero-order valence-electron chi connectivity index (χ0n) is 14.3. The number of carbonyl (C=O) groups is 2. The summed E-state index contributed by atoms with van der Waals surface area (Å²) in [5.41, 5.74) is 1.67. The summed E-state index contributed by atoms with van der Waals surface area (Å²) in [5, 5.41) is 5.93. The third kappa shape index (κ3) is 3.21. The maximum Gasteiger partial charge on any atom is 0.260 e. The molecule has 2 amide bonds. The van der Waals surface area contributed by atoms with E-state index in [1.807, 2.05) is 13.8 Å². The van der Waals surface area contributed by atoms with Crippen LogP contribution in [0.3, 0.4) is 0 Å². The first-order chi connectivity index (χ1) is 11.4. The van der Waals surface area contributed by atoms with Gasteiger partial charge in [0.2, 0.25) is 0 Å². The fourth-order valence-electron chi connectivity index (χ4n) is 2.35. The summed E-state index contributed by atoms with van der Waals surface area (Å²) in [5.74, 6) is 0.223. The molecule has 0 radical (unpaired) electrons. The second kappa shape index (κ2) is 7.35. The summed E-state index contributed by atoms with van der Waals surface area (Å²) in [7, 11) is 4.55. The molecule has 0 fully saturated rings. The highest BCUT2D eigenvalue weighted by atomic mass is 32.1. The minimum Gasteiger partial charge on any atom is -0.493 e. The van der Waals surface area contributed by atoms with Crippen LogP contribution in [0.15, 0.2) is 18.2 Å². The molecule has 0 atom stereocenters. The summed E-state index contributed by atoms with van der Waals surface area (Å²) in [6, 6.07) is 5.06. The molecule has 7 heteroatoms. The molecule has 2 N–H and O–H groups in total. The number of hydrogen-bond donors (Lipinski definition) is 2. The highest BCUT2D eigenvalue weighted by Crippen LogP contribution is 2.35. The van der Waals surface area contributed by atoms with Gasteiger partial charge in [-0.1, -0.05) is 6.07 Å². The van der Waals surface area contributed by atoms with Crippen LogP contribution in [0, 0.1) is 13.8 Å². The molecule has 24 heavy (non-hydrogen) atoms. The summed E-state index contributed by atoms with van der Waals surface area (Å²) < 4.78 is 10.5. The molecule has 1 heterocycles. The lowest BCUT2D eigenvalue weighted by molar-refractivity contribution is 0.0963. The molecule has 2 rings (SSSR count). The van der Waals surface area contributed by atoms with Crippen molar-refractivity contribution >= 4 is 28.2 Å². The van der Waals surface area contributed by atoms with Gasteiger partial charge < -0.3 is 20.1 Å². The van der Waals surface area contributed by atoms with E-state index in [-0.39, 0.29) is 11.8 Å². The minimum atomic E-state index is -0.364. The van der Waals surface area contributed by atoms with Crippen molar-refractivity contribution in [2.24, 2.45) is 0 Å². The van der Waals surface area contributed by atoms with Crippen LogP contribution in [0.1, 0.15) is 31.2 Å². The van der Waals surface area contributed by atoms with Gasteiger partial charge in [0.15, 0.2) is 11.5 Å². The molecule has 0 aliphatic rings. The first kappa shape index (κ1) is 17.8. The SMILES string of the molecule is CNC(=O)c1c(NC(=O)c2cccc(OC)c2OC)sc(C)c1C. The monoisotopic (exact) mass is 348 g/mol. The first-order valence-corrected chi connectivity index (χ1v) is 8.10. The fraction of sp³-hybridized carbons (Fsp3) is 0.294. The molecule has 0 spiro atoms. The third-order valence-electron chi connectivity index (χ3n) is 3.71. The first-order valence-electron chi connectivity index (χ1n) is 7.29. The number of ether oxygens (including phenoxy) is 2. The van der Waals surface area contributed by atoms with Gasteiger partial charge in [0.05, 0.1) is 25.3 Å². The van der Waals surface area contributed by atoms with Crippen molar-refractivity contribution in [1.29, 1.82) is 0 Å². The molecular formula is C17H20N2O4S. The fourth-order valence-corrected chi connectivity index (χ4v) is 3.40. The van der Waals surface area contributed by atoms with E-state index in [1.54, 1.807) is 25.2 Å². The van der Waals surface area contributed by atoms with E-state index >= 15 is 0 Å². The van der Waals surface area contributed by atoms with Gasteiger partial charge in [-0.15, -0.1) is 11.3 Å². The minimum absolute atomic E-state index is 0.232. The van der Waals surface area contributed by atoms with Crippen LogP contribution in [0.2, 0.25) is 0 Å². The summed E-state index contributed by atoms with van der Waals surface area (Å²) in [4.78, 5) is 25.8. The number of benzene rings is 1. The number of aryl methyl sites for hydroxylation is 1. The summed E-state index contributed by atoms with van der Waals surface area (Å²) >= 11 is 1.37. The van der Waals surface area contributed by atoms with Crippen molar-refractivity contribution in [3.63, 3.8) is 0 Å². The predicted octanol–water partition coefficient (Wildman–Crippen LogP) is 2.99. The van der Waals surface area contributed by atoms with Crippen molar-refractivity contribution in [1.82, 2.24) is 5.32 Å². The third-order valence-corrected chi connectivity index (χ3v) is 4.84. The molecular weight excluding hydrogens is 328 g/mol. The van der Waals surface area contributed by atoms with Crippen molar-refractivity contribution in [3.05, 3.63) is 39.8 Å². The van der Waals surface area contributed by atoms with Crippen molar-refractivity contribution in [2.75, 3.05) is 26.6 Å². The van der Waals surface area contributed by atoms with Crippen molar-refractivity contribution in [3.8, 4) is 11.5 Å². The molecule has 0 saturated heterocycles. The predicted molar refractivity (Wildman–Crippen MR) is 94.7 cm³/mol. The highest BCUT2D eigenvalue weighted by Gasteiger charge is 2.22. The van der Waals surface area contributed by atoms with Gasteiger partial charge >= 0.3 is 0 Å². The largest absolute Gasteiger partial charge is 0.493 e. The van der Waals surface area contributed by atoms with Crippen LogP contribution in [-0.2, 0) is 0 Å². The molecule has 0 unspecified atom stereocenters. The maximum absolute atomic E-state index is 12.7. The van der Waals surface area contributed by atoms with Crippen LogP contribution in [-0.4, -0.2) is 33.1 Å². The molecule has 0 bridgehead atoms. The Labute approximate surface area is 144 Å². The quantitative estimate of drug-likeness (QED) is 0.871. The number of thiophene rings is 1. The lowest BCUT2D eigenvalue weighted by Gasteiger charge is -2.12. The number of anilines is 1. The Hall–Kier alpha value is -2.54. The zero-order valence-corrected chi connectivity index (χ0v) is 15.1. The lowest BCUT2D eigenvalue weighted by Crippen LogP contribution is -2.21. The second-order valence-corrected chi connectivity index (χ2v) is 6.29.